The van der Waals surface area contributed by atoms with Gasteiger partial charge in [0.25, 0.3) is 5.91 Å². The Labute approximate surface area is 128 Å². The topological polar surface area (TPSA) is 51.2 Å². The number of para-hydroxylation sites is 1. The van der Waals surface area contributed by atoms with Crippen molar-refractivity contribution < 1.29 is 9.53 Å². The average Bonchev–Trinajstić information content (AvgIpc) is 2.56. The number of benzene rings is 2. The molecule has 4 heteroatoms. The van der Waals surface area contributed by atoms with Crippen LogP contribution in [-0.4, -0.2) is 18.0 Å². The first-order valence-corrected chi connectivity index (χ1v) is 7.01. The zero-order chi connectivity index (χ0) is 15.4. The summed E-state index contributed by atoms with van der Waals surface area (Å²) in [5, 5.41) is 3.84. The van der Waals surface area contributed by atoms with E-state index in [4.69, 9.17) is 4.74 Å². The van der Waals surface area contributed by atoms with E-state index < -0.39 is 6.10 Å². The largest absolute Gasteiger partial charge is 0.367 e. The fourth-order valence-electron chi connectivity index (χ4n) is 2.37. The molecule has 1 N–H and O–H groups in total. The number of nitrogens with zero attached hydrogens (tertiary/aromatic N) is 1. The maximum Gasteiger partial charge on any atom is 0.258 e. The van der Waals surface area contributed by atoms with Gasteiger partial charge in [0.2, 0.25) is 0 Å². The molecule has 0 saturated carbocycles. The monoisotopic (exact) mass is 292 g/mol. The number of ether oxygens (including phenoxy) is 1. The lowest BCUT2D eigenvalue weighted by Crippen LogP contribution is -2.22. The average molecular weight is 292 g/mol. The van der Waals surface area contributed by atoms with Crippen molar-refractivity contribution in [1.82, 2.24) is 4.98 Å². The molecule has 0 fully saturated rings. The van der Waals surface area contributed by atoms with Gasteiger partial charge in [0.05, 0.1) is 17.4 Å². The van der Waals surface area contributed by atoms with Gasteiger partial charge in [-0.2, -0.15) is 0 Å². The van der Waals surface area contributed by atoms with Crippen molar-refractivity contribution >= 4 is 22.5 Å². The molecule has 1 aromatic heterocycles. The fourth-order valence-corrected chi connectivity index (χ4v) is 2.37. The predicted octanol–water partition coefficient (Wildman–Crippen LogP) is 3.56. The van der Waals surface area contributed by atoms with Gasteiger partial charge in [-0.05, 0) is 17.7 Å². The van der Waals surface area contributed by atoms with E-state index in [1.165, 1.54) is 7.11 Å². The maximum atomic E-state index is 12.4. The quantitative estimate of drug-likeness (QED) is 0.800. The predicted molar refractivity (Wildman–Crippen MR) is 86.6 cm³/mol. The van der Waals surface area contributed by atoms with Crippen LogP contribution in [0, 0.1) is 0 Å². The normalized spacial score (nSPS) is 12.0. The molecule has 0 aliphatic carbocycles. The van der Waals surface area contributed by atoms with Crippen molar-refractivity contribution in [1.29, 1.82) is 0 Å². The van der Waals surface area contributed by atoms with Gasteiger partial charge < -0.3 is 10.1 Å². The van der Waals surface area contributed by atoms with Gasteiger partial charge in [-0.1, -0.05) is 48.5 Å². The highest BCUT2D eigenvalue weighted by Gasteiger charge is 2.19. The Morgan fingerprint density at radius 2 is 1.82 bits per heavy atom. The molecule has 3 rings (SSSR count). The number of amides is 1. The Balaban J connectivity index is 1.82. The second-order valence-corrected chi connectivity index (χ2v) is 4.93. The molecule has 3 aromatic rings. The molecule has 0 aliphatic rings. The Bertz CT molecular complexity index is 787. The van der Waals surface area contributed by atoms with E-state index in [2.05, 4.69) is 10.3 Å². The number of pyridine rings is 1. The van der Waals surface area contributed by atoms with E-state index in [1.54, 1.807) is 6.20 Å². The number of rotatable bonds is 4. The van der Waals surface area contributed by atoms with Gasteiger partial charge in [-0.15, -0.1) is 0 Å². The van der Waals surface area contributed by atoms with Crippen LogP contribution in [0.2, 0.25) is 0 Å². The number of hydrogen-bond donors (Lipinski definition) is 1. The molecular weight excluding hydrogens is 276 g/mol. The summed E-state index contributed by atoms with van der Waals surface area (Å²) in [4.78, 5) is 16.8. The standard InChI is InChI=1S/C18H16N2O2/c1-22-17(13-7-3-2-4-8-13)18(21)20-15-11-14-9-5-6-10-16(14)19-12-15/h2-12,17H,1H3,(H,20,21). The molecule has 1 atom stereocenters. The van der Waals surface area contributed by atoms with Crippen LogP contribution < -0.4 is 5.32 Å². The SMILES string of the molecule is COC(C(=O)Nc1cnc2ccccc2c1)c1ccccc1. The third-order valence-corrected chi connectivity index (χ3v) is 3.43. The molecule has 0 bridgehead atoms. The Morgan fingerprint density at radius 3 is 2.59 bits per heavy atom. The van der Waals surface area contributed by atoms with Crippen molar-refractivity contribution in [3.63, 3.8) is 0 Å². The maximum absolute atomic E-state index is 12.4. The van der Waals surface area contributed by atoms with E-state index >= 15 is 0 Å². The smallest absolute Gasteiger partial charge is 0.258 e. The first-order valence-electron chi connectivity index (χ1n) is 7.01. The van der Waals surface area contributed by atoms with Crippen LogP contribution in [0.15, 0.2) is 66.9 Å². The van der Waals surface area contributed by atoms with Gasteiger partial charge in [0.1, 0.15) is 0 Å². The molecule has 0 saturated heterocycles. The van der Waals surface area contributed by atoms with Gasteiger partial charge in [0, 0.05) is 12.5 Å². The van der Waals surface area contributed by atoms with Crippen molar-refractivity contribution in [3.8, 4) is 0 Å². The lowest BCUT2D eigenvalue weighted by Gasteiger charge is -2.15. The summed E-state index contributed by atoms with van der Waals surface area (Å²) in [7, 11) is 1.52. The molecule has 2 aromatic carbocycles. The molecular formula is C18H16N2O2. The summed E-state index contributed by atoms with van der Waals surface area (Å²) in [6.07, 6.45) is 1.01. The van der Waals surface area contributed by atoms with Gasteiger partial charge >= 0.3 is 0 Å². The van der Waals surface area contributed by atoms with Crippen LogP contribution in [0.1, 0.15) is 11.7 Å². The van der Waals surface area contributed by atoms with Crippen molar-refractivity contribution in [2.75, 3.05) is 12.4 Å². The minimum atomic E-state index is -0.646. The summed E-state index contributed by atoms with van der Waals surface area (Å²) in [5.74, 6) is -0.217. The first-order chi connectivity index (χ1) is 10.8. The Morgan fingerprint density at radius 1 is 1.09 bits per heavy atom. The number of hydrogen-bond acceptors (Lipinski definition) is 3. The highest BCUT2D eigenvalue weighted by Crippen LogP contribution is 2.20. The summed E-state index contributed by atoms with van der Waals surface area (Å²) in [5.41, 5.74) is 2.37. The summed E-state index contributed by atoms with van der Waals surface area (Å²) in [6.45, 7) is 0. The van der Waals surface area contributed by atoms with Crippen molar-refractivity contribution in [2.45, 2.75) is 6.10 Å². The zero-order valence-corrected chi connectivity index (χ0v) is 12.2. The molecule has 0 spiro atoms. The number of anilines is 1. The van der Waals surface area contributed by atoms with Gasteiger partial charge in [0.15, 0.2) is 6.10 Å². The van der Waals surface area contributed by atoms with Crippen LogP contribution >= 0.6 is 0 Å². The van der Waals surface area contributed by atoms with E-state index in [9.17, 15) is 4.79 Å². The van der Waals surface area contributed by atoms with Crippen LogP contribution in [0.25, 0.3) is 10.9 Å². The van der Waals surface area contributed by atoms with Crippen LogP contribution in [0.4, 0.5) is 5.69 Å². The lowest BCUT2D eigenvalue weighted by molar-refractivity contribution is -0.126. The second-order valence-electron chi connectivity index (χ2n) is 4.93. The van der Waals surface area contributed by atoms with Gasteiger partial charge in [-0.25, -0.2) is 0 Å². The molecule has 4 nitrogen and oxygen atoms in total. The number of nitrogens with one attached hydrogen (secondary N) is 1. The highest BCUT2D eigenvalue weighted by molar-refractivity contribution is 5.96. The van der Waals surface area contributed by atoms with Gasteiger partial charge in [-0.3, -0.25) is 9.78 Å². The van der Waals surface area contributed by atoms with E-state index in [1.807, 2.05) is 60.7 Å². The first kappa shape index (κ1) is 14.2. The fraction of sp³-hybridized carbons (Fsp3) is 0.111. The van der Waals surface area contributed by atoms with E-state index in [-0.39, 0.29) is 5.91 Å². The number of fused-ring (bicyclic) bond motifs is 1. The number of carbonyl (C=O) groups is 1. The summed E-state index contributed by atoms with van der Waals surface area (Å²) >= 11 is 0. The molecule has 110 valence electrons. The summed E-state index contributed by atoms with van der Waals surface area (Å²) in [6, 6.07) is 19.1. The molecule has 1 amide bonds. The lowest BCUT2D eigenvalue weighted by atomic mass is 10.1. The molecule has 0 radical (unpaired) electrons. The molecule has 1 heterocycles. The van der Waals surface area contributed by atoms with Crippen LogP contribution in [-0.2, 0) is 9.53 Å². The van der Waals surface area contributed by atoms with Crippen LogP contribution in [0.5, 0.6) is 0 Å². The number of methoxy groups -OCH3 is 1. The Kier molecular flexibility index (Phi) is 4.12. The Hall–Kier alpha value is -2.72. The molecule has 22 heavy (non-hydrogen) atoms. The van der Waals surface area contributed by atoms with Crippen molar-refractivity contribution in [2.24, 2.45) is 0 Å². The van der Waals surface area contributed by atoms with Crippen LogP contribution in [0.3, 0.4) is 0 Å². The summed E-state index contributed by atoms with van der Waals surface area (Å²) < 4.78 is 5.33. The number of carbonyl (C=O) groups excluding carboxylic acids is 1. The van der Waals surface area contributed by atoms with Crippen molar-refractivity contribution in [3.05, 3.63) is 72.4 Å². The third-order valence-electron chi connectivity index (χ3n) is 3.43. The second kappa shape index (κ2) is 6.37. The third kappa shape index (κ3) is 2.97. The van der Waals surface area contributed by atoms with E-state index in [0.717, 1.165) is 16.5 Å². The highest BCUT2D eigenvalue weighted by atomic mass is 16.5. The zero-order valence-electron chi connectivity index (χ0n) is 12.2. The molecule has 1 unspecified atom stereocenters. The van der Waals surface area contributed by atoms with E-state index in [0.29, 0.717) is 5.69 Å². The minimum absolute atomic E-state index is 0.217. The molecule has 0 aliphatic heterocycles. The minimum Gasteiger partial charge on any atom is -0.367 e. The number of aromatic nitrogens is 1.